The predicted molar refractivity (Wildman–Crippen MR) is 56.0 cm³/mol. The minimum atomic E-state index is 0.692. The van der Waals surface area contributed by atoms with E-state index >= 15 is 0 Å². The zero-order chi connectivity index (χ0) is 10.3. The number of pyridine rings is 1. The topological polar surface area (TPSA) is 52.7 Å². The normalized spacial score (nSPS) is 10.9. The second-order valence-corrected chi connectivity index (χ2v) is 3.31. The third-order valence-electron chi connectivity index (χ3n) is 2.35. The van der Waals surface area contributed by atoms with Crippen LogP contribution >= 0.6 is 0 Å². The fourth-order valence-electron chi connectivity index (χ4n) is 1.67. The van der Waals surface area contributed by atoms with E-state index in [0.29, 0.717) is 4.73 Å². The van der Waals surface area contributed by atoms with Crippen LogP contribution in [0.25, 0.3) is 21.8 Å². The Morgan fingerprint density at radius 2 is 1.80 bits per heavy atom. The van der Waals surface area contributed by atoms with Gasteiger partial charge < -0.3 is 5.21 Å². The molecule has 4 heteroatoms. The number of rotatable bonds is 0. The molecule has 0 atom stereocenters. The van der Waals surface area contributed by atoms with Crippen molar-refractivity contribution in [3.8, 4) is 0 Å². The minimum absolute atomic E-state index is 0.692. The molecule has 0 spiro atoms. The summed E-state index contributed by atoms with van der Waals surface area (Å²) in [4.78, 5) is 8.36. The lowest BCUT2D eigenvalue weighted by molar-refractivity contribution is -0.607. The lowest BCUT2D eigenvalue weighted by Crippen LogP contribution is -2.25. The highest BCUT2D eigenvalue weighted by Crippen LogP contribution is 2.19. The average Bonchev–Trinajstić information content (AvgIpc) is 2.28. The van der Waals surface area contributed by atoms with Gasteiger partial charge in [0.1, 0.15) is 11.7 Å². The van der Waals surface area contributed by atoms with Crippen LogP contribution in [0, 0.1) is 5.21 Å². The zero-order valence-corrected chi connectivity index (χ0v) is 7.79. The van der Waals surface area contributed by atoms with Gasteiger partial charge in [-0.05, 0) is 17.1 Å². The van der Waals surface area contributed by atoms with Crippen molar-refractivity contribution in [2.24, 2.45) is 0 Å². The summed E-state index contributed by atoms with van der Waals surface area (Å²) in [7, 11) is 0. The smallest absolute Gasteiger partial charge is 0.289 e. The van der Waals surface area contributed by atoms with Crippen molar-refractivity contribution in [3.05, 3.63) is 48.2 Å². The molecule has 2 aromatic heterocycles. The van der Waals surface area contributed by atoms with E-state index in [-0.39, 0.29) is 0 Å². The Hall–Kier alpha value is -2.23. The Labute approximate surface area is 85.4 Å². The largest absolute Gasteiger partial charge is 0.711 e. The molecular weight excluding hydrogens is 190 g/mol. The van der Waals surface area contributed by atoms with E-state index < -0.39 is 0 Å². The van der Waals surface area contributed by atoms with Crippen molar-refractivity contribution in [1.29, 1.82) is 0 Å². The highest BCUT2D eigenvalue weighted by molar-refractivity contribution is 6.01. The number of nitrogens with zero attached hydrogens (tertiary/aromatic N) is 3. The first kappa shape index (κ1) is 8.11. The Balaban J connectivity index is 2.55. The molecule has 72 valence electrons. The Morgan fingerprint density at radius 1 is 1.00 bits per heavy atom. The van der Waals surface area contributed by atoms with Crippen molar-refractivity contribution in [3.63, 3.8) is 0 Å². The standard InChI is InChI=1S/C11H7N3O/c15-14-6-9-4-3-8-2-1-5-12-10(8)11(9)13-7-14/h1-7H. The van der Waals surface area contributed by atoms with Crippen molar-refractivity contribution >= 4 is 21.8 Å². The van der Waals surface area contributed by atoms with Gasteiger partial charge in [0.25, 0.3) is 6.33 Å². The Morgan fingerprint density at radius 3 is 2.73 bits per heavy atom. The van der Waals surface area contributed by atoms with E-state index in [4.69, 9.17) is 0 Å². The van der Waals surface area contributed by atoms with Crippen LogP contribution in [0.15, 0.2) is 43.0 Å². The van der Waals surface area contributed by atoms with Crippen molar-refractivity contribution in [2.75, 3.05) is 0 Å². The fraction of sp³-hybridized carbons (Fsp3) is 0. The molecule has 0 radical (unpaired) electrons. The predicted octanol–water partition coefficient (Wildman–Crippen LogP) is 1.42. The number of hydrogen-bond acceptors (Lipinski definition) is 3. The average molecular weight is 197 g/mol. The number of fused-ring (bicyclic) bond motifs is 3. The van der Waals surface area contributed by atoms with Crippen LogP contribution in [0.5, 0.6) is 0 Å². The molecule has 0 bridgehead atoms. The van der Waals surface area contributed by atoms with Crippen LogP contribution in [-0.2, 0) is 0 Å². The molecule has 4 nitrogen and oxygen atoms in total. The van der Waals surface area contributed by atoms with Crippen LogP contribution in [0.2, 0.25) is 0 Å². The maximum Gasteiger partial charge on any atom is 0.289 e. The van der Waals surface area contributed by atoms with Crippen LogP contribution in [0.1, 0.15) is 0 Å². The molecule has 0 saturated heterocycles. The maximum atomic E-state index is 11.1. The van der Waals surface area contributed by atoms with Gasteiger partial charge in [-0.3, -0.25) is 4.98 Å². The SMILES string of the molecule is [O-][n+]1cnc2c(ccc3cccnc32)c1. The second-order valence-electron chi connectivity index (χ2n) is 3.31. The van der Waals surface area contributed by atoms with Crippen molar-refractivity contribution < 1.29 is 4.73 Å². The van der Waals surface area contributed by atoms with Gasteiger partial charge in [0.05, 0.1) is 5.39 Å². The summed E-state index contributed by atoms with van der Waals surface area (Å²) in [5, 5.41) is 12.9. The van der Waals surface area contributed by atoms with E-state index in [2.05, 4.69) is 9.97 Å². The van der Waals surface area contributed by atoms with Gasteiger partial charge >= 0.3 is 0 Å². The Bertz CT molecular complexity index is 651. The lowest BCUT2D eigenvalue weighted by atomic mass is 10.1. The molecule has 0 saturated carbocycles. The molecule has 2 heterocycles. The molecule has 1 aromatic carbocycles. The van der Waals surface area contributed by atoms with Gasteiger partial charge in [0, 0.05) is 11.6 Å². The molecule has 15 heavy (non-hydrogen) atoms. The molecular formula is C11H7N3O. The van der Waals surface area contributed by atoms with E-state index in [0.717, 1.165) is 21.8 Å². The van der Waals surface area contributed by atoms with Crippen molar-refractivity contribution in [1.82, 2.24) is 9.97 Å². The quantitative estimate of drug-likeness (QED) is 0.311. The molecule has 0 aliphatic carbocycles. The second kappa shape index (κ2) is 2.88. The fourth-order valence-corrected chi connectivity index (χ4v) is 1.67. The van der Waals surface area contributed by atoms with E-state index in [1.165, 1.54) is 12.5 Å². The Kier molecular flexibility index (Phi) is 1.56. The first-order valence-corrected chi connectivity index (χ1v) is 4.57. The summed E-state index contributed by atoms with van der Waals surface area (Å²) in [5.41, 5.74) is 1.59. The van der Waals surface area contributed by atoms with Gasteiger partial charge in [-0.1, -0.05) is 12.1 Å². The van der Waals surface area contributed by atoms with Gasteiger partial charge in [-0.2, -0.15) is 0 Å². The summed E-state index contributed by atoms with van der Waals surface area (Å²) < 4.78 is 0.692. The van der Waals surface area contributed by atoms with Crippen molar-refractivity contribution in [2.45, 2.75) is 0 Å². The van der Waals surface area contributed by atoms with Crippen LogP contribution in [-0.4, -0.2) is 9.97 Å². The monoisotopic (exact) mass is 197 g/mol. The molecule has 0 fully saturated rings. The maximum absolute atomic E-state index is 11.1. The molecule has 3 rings (SSSR count). The molecule has 0 amide bonds. The summed E-state index contributed by atoms with van der Waals surface area (Å²) in [6.07, 6.45) is 4.47. The molecule has 0 aliphatic heterocycles. The van der Waals surface area contributed by atoms with Crippen LogP contribution < -0.4 is 4.73 Å². The van der Waals surface area contributed by atoms with E-state index in [9.17, 15) is 5.21 Å². The zero-order valence-electron chi connectivity index (χ0n) is 7.79. The van der Waals surface area contributed by atoms with Gasteiger partial charge in [-0.15, -0.1) is 0 Å². The highest BCUT2D eigenvalue weighted by atomic mass is 16.5. The summed E-state index contributed by atoms with van der Waals surface area (Å²) in [5.74, 6) is 0. The number of aromatic nitrogens is 3. The van der Waals surface area contributed by atoms with E-state index in [1.807, 2.05) is 24.3 Å². The van der Waals surface area contributed by atoms with E-state index in [1.54, 1.807) is 6.20 Å². The third-order valence-corrected chi connectivity index (χ3v) is 2.35. The van der Waals surface area contributed by atoms with Gasteiger partial charge in [0.2, 0.25) is 5.52 Å². The summed E-state index contributed by atoms with van der Waals surface area (Å²) in [6, 6.07) is 7.67. The van der Waals surface area contributed by atoms with Gasteiger partial charge in [0.15, 0.2) is 0 Å². The molecule has 0 N–H and O–H groups in total. The first-order valence-electron chi connectivity index (χ1n) is 4.57. The molecule has 3 aromatic rings. The first-order chi connectivity index (χ1) is 7.34. The third kappa shape index (κ3) is 1.19. The number of benzene rings is 1. The molecule has 0 unspecified atom stereocenters. The highest BCUT2D eigenvalue weighted by Gasteiger charge is 2.06. The van der Waals surface area contributed by atoms with Gasteiger partial charge in [-0.25, -0.2) is 4.73 Å². The lowest BCUT2D eigenvalue weighted by Gasteiger charge is -2.01. The van der Waals surface area contributed by atoms with Crippen LogP contribution in [0.3, 0.4) is 0 Å². The number of hydrogen-bond donors (Lipinski definition) is 0. The van der Waals surface area contributed by atoms with Crippen LogP contribution in [0.4, 0.5) is 0 Å². The minimum Gasteiger partial charge on any atom is -0.711 e. The summed E-state index contributed by atoms with van der Waals surface area (Å²) in [6.45, 7) is 0. The summed E-state index contributed by atoms with van der Waals surface area (Å²) >= 11 is 0. The molecule has 0 aliphatic rings.